The third kappa shape index (κ3) is 2.35. The van der Waals surface area contributed by atoms with E-state index in [0.29, 0.717) is 11.8 Å². The van der Waals surface area contributed by atoms with Crippen LogP contribution in [-0.4, -0.2) is 6.04 Å². The van der Waals surface area contributed by atoms with Crippen molar-refractivity contribution in [3.8, 4) is 6.07 Å². The molecule has 1 N–H and O–H groups in total. The molecule has 2 aliphatic carbocycles. The zero-order valence-electron chi connectivity index (χ0n) is 10.9. The number of hydrogen-bond acceptors (Lipinski definition) is 2. The Labute approximate surface area is 115 Å². The summed E-state index contributed by atoms with van der Waals surface area (Å²) < 4.78 is 39.2. The highest BCUT2D eigenvalue weighted by molar-refractivity contribution is 5.57. The summed E-state index contributed by atoms with van der Waals surface area (Å²) in [5.41, 5.74) is -0.593. The Morgan fingerprint density at radius 2 is 2.00 bits per heavy atom. The standard InChI is InChI=1S/C15H15F3N2/c16-15(17,18)12-6-10(8-19)2-4-13(12)20-14-7-9-1-3-11(14)5-9/h2,4,6,9,11,14,20H,1,3,5,7H2. The van der Waals surface area contributed by atoms with Gasteiger partial charge in [0, 0.05) is 11.7 Å². The van der Waals surface area contributed by atoms with Crippen LogP contribution < -0.4 is 5.32 Å². The average molecular weight is 280 g/mol. The molecule has 0 aliphatic heterocycles. The van der Waals surface area contributed by atoms with Gasteiger partial charge in [0.15, 0.2) is 0 Å². The number of hydrogen-bond donors (Lipinski definition) is 1. The fourth-order valence-electron chi connectivity index (χ4n) is 3.60. The Bertz CT molecular complexity index is 559. The second kappa shape index (κ2) is 4.69. The van der Waals surface area contributed by atoms with E-state index in [0.717, 1.165) is 25.3 Å². The van der Waals surface area contributed by atoms with E-state index in [1.165, 1.54) is 18.6 Å². The molecule has 5 heteroatoms. The van der Waals surface area contributed by atoms with E-state index in [-0.39, 0.29) is 17.3 Å². The minimum Gasteiger partial charge on any atom is -0.382 e. The molecule has 0 saturated heterocycles. The number of nitriles is 1. The highest BCUT2D eigenvalue weighted by Gasteiger charge is 2.41. The van der Waals surface area contributed by atoms with Crippen LogP contribution in [0.25, 0.3) is 0 Å². The molecule has 0 heterocycles. The van der Waals surface area contributed by atoms with Crippen LogP contribution >= 0.6 is 0 Å². The van der Waals surface area contributed by atoms with Crippen molar-refractivity contribution in [1.82, 2.24) is 0 Å². The lowest BCUT2D eigenvalue weighted by atomic mass is 9.94. The molecule has 0 spiro atoms. The van der Waals surface area contributed by atoms with Crippen LogP contribution in [0.5, 0.6) is 0 Å². The van der Waals surface area contributed by atoms with E-state index >= 15 is 0 Å². The Morgan fingerprint density at radius 1 is 1.20 bits per heavy atom. The summed E-state index contributed by atoms with van der Waals surface area (Å²) in [7, 11) is 0. The lowest BCUT2D eigenvalue weighted by Gasteiger charge is -2.26. The first-order valence-electron chi connectivity index (χ1n) is 6.85. The first-order valence-corrected chi connectivity index (χ1v) is 6.85. The largest absolute Gasteiger partial charge is 0.418 e. The number of rotatable bonds is 2. The minimum absolute atomic E-state index is 0.0378. The van der Waals surface area contributed by atoms with Gasteiger partial charge in [0.1, 0.15) is 0 Å². The topological polar surface area (TPSA) is 35.8 Å². The van der Waals surface area contributed by atoms with E-state index in [2.05, 4.69) is 5.32 Å². The van der Waals surface area contributed by atoms with Gasteiger partial charge in [-0.2, -0.15) is 18.4 Å². The van der Waals surface area contributed by atoms with Crippen molar-refractivity contribution >= 4 is 5.69 Å². The number of nitrogens with one attached hydrogen (secondary N) is 1. The molecule has 2 aliphatic rings. The van der Waals surface area contributed by atoms with Gasteiger partial charge in [0.05, 0.1) is 17.2 Å². The zero-order chi connectivity index (χ0) is 14.3. The van der Waals surface area contributed by atoms with Gasteiger partial charge in [0.25, 0.3) is 0 Å². The molecule has 0 aromatic heterocycles. The molecule has 20 heavy (non-hydrogen) atoms. The molecule has 0 amide bonds. The predicted octanol–water partition coefficient (Wildman–Crippen LogP) is 4.18. The number of benzene rings is 1. The molecule has 106 valence electrons. The normalized spacial score (nSPS) is 28.4. The Kier molecular flexibility index (Phi) is 3.12. The Balaban J connectivity index is 1.87. The van der Waals surface area contributed by atoms with Gasteiger partial charge in [-0.1, -0.05) is 6.42 Å². The summed E-state index contributed by atoms with van der Waals surface area (Å²) in [6.07, 6.45) is -0.0214. The van der Waals surface area contributed by atoms with Crippen molar-refractivity contribution in [2.75, 3.05) is 5.32 Å². The Hall–Kier alpha value is -1.70. The van der Waals surface area contributed by atoms with Gasteiger partial charge < -0.3 is 5.32 Å². The quantitative estimate of drug-likeness (QED) is 0.882. The molecular formula is C15H15F3N2. The van der Waals surface area contributed by atoms with Gasteiger partial charge >= 0.3 is 6.18 Å². The number of fused-ring (bicyclic) bond motifs is 2. The molecule has 1 aromatic rings. The lowest BCUT2D eigenvalue weighted by Crippen LogP contribution is -2.27. The van der Waals surface area contributed by atoms with Gasteiger partial charge in [-0.05, 0) is 49.3 Å². The van der Waals surface area contributed by atoms with Crippen LogP contribution in [0.1, 0.15) is 36.8 Å². The third-order valence-electron chi connectivity index (χ3n) is 4.53. The zero-order valence-corrected chi connectivity index (χ0v) is 10.9. The van der Waals surface area contributed by atoms with Crippen LogP contribution in [-0.2, 0) is 6.18 Å². The fourth-order valence-corrected chi connectivity index (χ4v) is 3.60. The number of nitrogens with zero attached hydrogens (tertiary/aromatic N) is 1. The molecule has 2 bridgehead atoms. The molecule has 1 aromatic carbocycles. The molecule has 3 unspecified atom stereocenters. The van der Waals surface area contributed by atoms with Crippen LogP contribution in [0, 0.1) is 23.2 Å². The van der Waals surface area contributed by atoms with E-state index in [9.17, 15) is 13.2 Å². The molecule has 3 rings (SSSR count). The smallest absolute Gasteiger partial charge is 0.382 e. The van der Waals surface area contributed by atoms with Crippen LogP contribution in [0.15, 0.2) is 18.2 Å². The van der Waals surface area contributed by atoms with Gasteiger partial charge in [-0.3, -0.25) is 0 Å². The van der Waals surface area contributed by atoms with Gasteiger partial charge in [0.2, 0.25) is 0 Å². The summed E-state index contributed by atoms with van der Waals surface area (Å²) in [4.78, 5) is 0. The highest BCUT2D eigenvalue weighted by atomic mass is 19.4. The van der Waals surface area contributed by atoms with E-state index in [1.54, 1.807) is 6.07 Å². The summed E-state index contributed by atoms with van der Waals surface area (Å²) in [6.45, 7) is 0. The first-order chi connectivity index (χ1) is 9.47. The Morgan fingerprint density at radius 3 is 2.55 bits per heavy atom. The molecule has 0 radical (unpaired) electrons. The second-order valence-corrected chi connectivity index (χ2v) is 5.80. The fraction of sp³-hybridized carbons (Fsp3) is 0.533. The van der Waals surface area contributed by atoms with Crippen molar-refractivity contribution in [2.45, 2.75) is 37.9 Å². The SMILES string of the molecule is N#Cc1ccc(NC2CC3CCC2C3)c(C(F)(F)F)c1. The number of alkyl halides is 3. The summed E-state index contributed by atoms with van der Waals surface area (Å²) >= 11 is 0. The first kappa shape index (κ1) is 13.3. The van der Waals surface area contributed by atoms with Gasteiger partial charge in [-0.15, -0.1) is 0 Å². The molecular weight excluding hydrogens is 265 g/mol. The van der Waals surface area contributed by atoms with Crippen molar-refractivity contribution in [2.24, 2.45) is 11.8 Å². The molecule has 3 atom stereocenters. The van der Waals surface area contributed by atoms with E-state index in [1.807, 2.05) is 0 Å². The summed E-state index contributed by atoms with van der Waals surface area (Å²) in [6, 6.07) is 5.64. The third-order valence-corrected chi connectivity index (χ3v) is 4.53. The van der Waals surface area contributed by atoms with E-state index < -0.39 is 11.7 Å². The van der Waals surface area contributed by atoms with Crippen molar-refractivity contribution in [3.63, 3.8) is 0 Å². The lowest BCUT2D eigenvalue weighted by molar-refractivity contribution is -0.137. The second-order valence-electron chi connectivity index (χ2n) is 5.80. The number of halogens is 3. The maximum absolute atomic E-state index is 13.1. The summed E-state index contributed by atoms with van der Waals surface area (Å²) in [5, 5.41) is 11.8. The maximum atomic E-state index is 13.1. The van der Waals surface area contributed by atoms with E-state index in [4.69, 9.17) is 5.26 Å². The molecule has 2 nitrogen and oxygen atoms in total. The van der Waals surface area contributed by atoms with Crippen molar-refractivity contribution in [1.29, 1.82) is 5.26 Å². The molecule has 2 fully saturated rings. The van der Waals surface area contributed by atoms with Crippen LogP contribution in [0.4, 0.5) is 18.9 Å². The average Bonchev–Trinajstić information content (AvgIpc) is 3.00. The van der Waals surface area contributed by atoms with Crippen molar-refractivity contribution < 1.29 is 13.2 Å². The predicted molar refractivity (Wildman–Crippen MR) is 69.0 cm³/mol. The number of anilines is 1. The highest BCUT2D eigenvalue weighted by Crippen LogP contribution is 2.46. The minimum atomic E-state index is -4.44. The van der Waals surface area contributed by atoms with Crippen LogP contribution in [0.3, 0.4) is 0 Å². The maximum Gasteiger partial charge on any atom is 0.418 e. The summed E-state index contributed by atoms with van der Waals surface area (Å²) in [5.74, 6) is 1.17. The van der Waals surface area contributed by atoms with Crippen LogP contribution in [0.2, 0.25) is 0 Å². The molecule has 2 saturated carbocycles. The monoisotopic (exact) mass is 280 g/mol. The van der Waals surface area contributed by atoms with Gasteiger partial charge in [-0.25, -0.2) is 0 Å². The van der Waals surface area contributed by atoms with Crippen molar-refractivity contribution in [3.05, 3.63) is 29.3 Å².